The van der Waals surface area contributed by atoms with Gasteiger partial charge in [0.15, 0.2) is 0 Å². The number of piperazine rings is 1. The average Bonchev–Trinajstić information content (AvgIpc) is 2.72. The lowest BCUT2D eigenvalue weighted by atomic mass is 10.1. The number of aromatic nitrogens is 2. The second kappa shape index (κ2) is 8.07. The zero-order valence-electron chi connectivity index (χ0n) is 17.1. The molecule has 1 aliphatic rings. The summed E-state index contributed by atoms with van der Waals surface area (Å²) in [5, 5.41) is 3.24. The molecule has 1 N–H and O–H groups in total. The molecule has 0 aliphatic carbocycles. The van der Waals surface area contributed by atoms with E-state index in [9.17, 15) is 4.39 Å². The van der Waals surface area contributed by atoms with E-state index in [0.717, 1.165) is 43.5 Å². The highest BCUT2D eigenvalue weighted by atomic mass is 19.1. The summed E-state index contributed by atoms with van der Waals surface area (Å²) in [5.74, 6) is 2.10. The minimum atomic E-state index is -0.253. The molecule has 29 heavy (non-hydrogen) atoms. The second-order valence-electron chi connectivity index (χ2n) is 7.48. The summed E-state index contributed by atoms with van der Waals surface area (Å²) in [6.45, 7) is 9.96. The Hall–Kier alpha value is -3.15. The fraction of sp³-hybridized carbons (Fsp3) is 0.304. The van der Waals surface area contributed by atoms with Crippen LogP contribution >= 0.6 is 0 Å². The van der Waals surface area contributed by atoms with Crippen molar-refractivity contribution in [2.45, 2.75) is 20.8 Å². The van der Waals surface area contributed by atoms with Crippen molar-refractivity contribution in [2.24, 2.45) is 0 Å². The van der Waals surface area contributed by atoms with Gasteiger partial charge in [0, 0.05) is 43.6 Å². The first-order valence-electron chi connectivity index (χ1n) is 9.94. The smallest absolute Gasteiger partial charge is 0.136 e. The van der Waals surface area contributed by atoms with E-state index in [1.165, 1.54) is 28.9 Å². The Balaban J connectivity index is 1.47. The van der Waals surface area contributed by atoms with E-state index >= 15 is 0 Å². The molecule has 1 aliphatic heterocycles. The predicted molar refractivity (Wildman–Crippen MR) is 117 cm³/mol. The SMILES string of the molecule is Cc1nc(Nc2ccc(F)cc2)cc(N2CCN(c3cccc(C)c3C)CC2)n1. The van der Waals surface area contributed by atoms with Gasteiger partial charge in [-0.15, -0.1) is 0 Å². The lowest BCUT2D eigenvalue weighted by molar-refractivity contribution is 0.628. The maximum atomic E-state index is 13.1. The van der Waals surface area contributed by atoms with Crippen molar-refractivity contribution in [1.82, 2.24) is 9.97 Å². The highest BCUT2D eigenvalue weighted by Gasteiger charge is 2.20. The third-order valence-corrected chi connectivity index (χ3v) is 5.46. The Bertz CT molecular complexity index is 995. The Morgan fingerprint density at radius 3 is 2.28 bits per heavy atom. The molecule has 0 amide bonds. The molecule has 3 aromatic rings. The number of nitrogens with zero attached hydrogens (tertiary/aromatic N) is 4. The lowest BCUT2D eigenvalue weighted by Crippen LogP contribution is -2.47. The second-order valence-corrected chi connectivity index (χ2v) is 7.48. The van der Waals surface area contributed by atoms with E-state index < -0.39 is 0 Å². The van der Waals surface area contributed by atoms with Crippen LogP contribution in [0, 0.1) is 26.6 Å². The molecular weight excluding hydrogens is 365 g/mol. The van der Waals surface area contributed by atoms with Crippen LogP contribution < -0.4 is 15.1 Å². The largest absolute Gasteiger partial charge is 0.368 e. The van der Waals surface area contributed by atoms with E-state index in [0.29, 0.717) is 5.82 Å². The molecule has 1 saturated heterocycles. The highest BCUT2D eigenvalue weighted by molar-refractivity contribution is 5.61. The summed E-state index contributed by atoms with van der Waals surface area (Å²) in [4.78, 5) is 13.9. The average molecular weight is 391 g/mol. The Morgan fingerprint density at radius 2 is 1.55 bits per heavy atom. The normalized spacial score (nSPS) is 14.2. The van der Waals surface area contributed by atoms with E-state index in [1.54, 1.807) is 12.1 Å². The van der Waals surface area contributed by atoms with Crippen LogP contribution in [0.1, 0.15) is 17.0 Å². The van der Waals surface area contributed by atoms with Gasteiger partial charge in [0.1, 0.15) is 23.3 Å². The first kappa shape index (κ1) is 19.2. The molecular formula is C23H26FN5. The van der Waals surface area contributed by atoms with Crippen LogP contribution in [0.5, 0.6) is 0 Å². The van der Waals surface area contributed by atoms with Crippen molar-refractivity contribution in [2.75, 3.05) is 41.3 Å². The standard InChI is InChI=1S/C23H26FN5/c1-16-5-4-6-21(17(16)2)28-11-13-29(14-12-28)23-15-22(25-18(3)26-23)27-20-9-7-19(24)8-10-20/h4-10,15H,11-14H2,1-3H3,(H,25,26,27). The third-order valence-electron chi connectivity index (χ3n) is 5.46. The van der Waals surface area contributed by atoms with Gasteiger partial charge in [-0.1, -0.05) is 12.1 Å². The fourth-order valence-electron chi connectivity index (χ4n) is 3.71. The fourth-order valence-corrected chi connectivity index (χ4v) is 3.71. The van der Waals surface area contributed by atoms with Crippen LogP contribution in [0.4, 0.5) is 27.4 Å². The van der Waals surface area contributed by atoms with Crippen LogP contribution in [-0.4, -0.2) is 36.1 Å². The summed E-state index contributed by atoms with van der Waals surface area (Å²) >= 11 is 0. The monoisotopic (exact) mass is 391 g/mol. The van der Waals surface area contributed by atoms with Crippen molar-refractivity contribution >= 4 is 23.0 Å². The van der Waals surface area contributed by atoms with Gasteiger partial charge in [-0.25, -0.2) is 14.4 Å². The Labute approximate surface area is 171 Å². The first-order chi connectivity index (χ1) is 14.0. The van der Waals surface area contributed by atoms with Gasteiger partial charge in [-0.2, -0.15) is 0 Å². The quantitative estimate of drug-likeness (QED) is 0.704. The van der Waals surface area contributed by atoms with E-state index in [2.05, 4.69) is 57.1 Å². The van der Waals surface area contributed by atoms with Crippen LogP contribution in [-0.2, 0) is 0 Å². The number of nitrogens with one attached hydrogen (secondary N) is 1. The van der Waals surface area contributed by atoms with Crippen LogP contribution in [0.3, 0.4) is 0 Å². The van der Waals surface area contributed by atoms with Gasteiger partial charge in [-0.3, -0.25) is 0 Å². The van der Waals surface area contributed by atoms with Gasteiger partial charge < -0.3 is 15.1 Å². The zero-order chi connectivity index (χ0) is 20.4. The summed E-state index contributed by atoms with van der Waals surface area (Å²) < 4.78 is 13.1. The van der Waals surface area contributed by atoms with Gasteiger partial charge in [0.2, 0.25) is 0 Å². The zero-order valence-corrected chi connectivity index (χ0v) is 17.1. The lowest BCUT2D eigenvalue weighted by Gasteiger charge is -2.37. The molecule has 6 heteroatoms. The number of halogens is 1. The number of hydrogen-bond donors (Lipinski definition) is 1. The Morgan fingerprint density at radius 1 is 0.862 bits per heavy atom. The molecule has 2 aromatic carbocycles. The molecule has 4 rings (SSSR count). The van der Waals surface area contributed by atoms with E-state index in [-0.39, 0.29) is 5.82 Å². The third kappa shape index (κ3) is 4.31. The van der Waals surface area contributed by atoms with E-state index in [4.69, 9.17) is 0 Å². The summed E-state index contributed by atoms with van der Waals surface area (Å²) in [6.07, 6.45) is 0. The minimum absolute atomic E-state index is 0.253. The summed E-state index contributed by atoms with van der Waals surface area (Å²) in [6, 6.07) is 14.7. The molecule has 0 spiro atoms. The van der Waals surface area contributed by atoms with Crippen molar-refractivity contribution in [1.29, 1.82) is 0 Å². The van der Waals surface area contributed by atoms with Crippen LogP contribution in [0.15, 0.2) is 48.5 Å². The summed E-state index contributed by atoms with van der Waals surface area (Å²) in [5.41, 5.74) is 4.80. The van der Waals surface area contributed by atoms with Gasteiger partial charge in [0.25, 0.3) is 0 Å². The highest BCUT2D eigenvalue weighted by Crippen LogP contribution is 2.26. The van der Waals surface area contributed by atoms with Crippen LogP contribution in [0.25, 0.3) is 0 Å². The number of rotatable bonds is 4. The van der Waals surface area contributed by atoms with Crippen LogP contribution in [0.2, 0.25) is 0 Å². The molecule has 0 saturated carbocycles. The number of benzene rings is 2. The van der Waals surface area contributed by atoms with Gasteiger partial charge in [-0.05, 0) is 62.2 Å². The molecule has 5 nitrogen and oxygen atoms in total. The maximum Gasteiger partial charge on any atom is 0.136 e. The summed E-state index contributed by atoms with van der Waals surface area (Å²) in [7, 11) is 0. The van der Waals surface area contributed by atoms with Gasteiger partial charge >= 0.3 is 0 Å². The molecule has 0 radical (unpaired) electrons. The van der Waals surface area contributed by atoms with Gasteiger partial charge in [0.05, 0.1) is 0 Å². The molecule has 1 fully saturated rings. The molecule has 0 unspecified atom stereocenters. The molecule has 2 heterocycles. The van der Waals surface area contributed by atoms with E-state index in [1.807, 2.05) is 13.0 Å². The molecule has 0 bridgehead atoms. The number of hydrogen-bond acceptors (Lipinski definition) is 5. The number of aryl methyl sites for hydroxylation is 2. The first-order valence-corrected chi connectivity index (χ1v) is 9.94. The predicted octanol–water partition coefficient (Wildman–Crippen LogP) is 4.61. The van der Waals surface area contributed by atoms with Crippen molar-refractivity contribution in [3.63, 3.8) is 0 Å². The molecule has 150 valence electrons. The maximum absolute atomic E-state index is 13.1. The van der Waals surface area contributed by atoms with Crippen molar-refractivity contribution in [3.8, 4) is 0 Å². The molecule has 0 atom stereocenters. The minimum Gasteiger partial charge on any atom is -0.368 e. The molecule has 1 aromatic heterocycles. The Kier molecular flexibility index (Phi) is 5.34. The topological polar surface area (TPSA) is 44.3 Å². The van der Waals surface area contributed by atoms with Crippen molar-refractivity contribution < 1.29 is 4.39 Å². The van der Waals surface area contributed by atoms with Crippen molar-refractivity contribution in [3.05, 3.63) is 71.3 Å². The number of anilines is 4.